The summed E-state index contributed by atoms with van der Waals surface area (Å²) in [5, 5.41) is 9.57. The zero-order chi connectivity index (χ0) is 20.1. The average Bonchev–Trinajstić information content (AvgIpc) is 2.68. The fraction of sp³-hybridized carbons (Fsp3) is 0.478. The lowest BCUT2D eigenvalue weighted by atomic mass is 10.00. The maximum Gasteiger partial charge on any atom is 0.123 e. The molecule has 152 valence electrons. The molecule has 3 rings (SSSR count). The molecule has 0 radical (unpaired) electrons. The van der Waals surface area contributed by atoms with E-state index in [0.29, 0.717) is 0 Å². The molecule has 1 heterocycles. The van der Waals surface area contributed by atoms with Crippen molar-refractivity contribution in [1.29, 1.82) is 0 Å². The van der Waals surface area contributed by atoms with Crippen LogP contribution in [0.3, 0.4) is 0 Å². The van der Waals surface area contributed by atoms with Gasteiger partial charge in [-0.25, -0.2) is 4.39 Å². The number of nitrogens with zero attached hydrogens (tertiary/aromatic N) is 2. The van der Waals surface area contributed by atoms with Gasteiger partial charge >= 0.3 is 0 Å². The molecule has 0 amide bonds. The van der Waals surface area contributed by atoms with E-state index >= 15 is 0 Å². The van der Waals surface area contributed by atoms with Crippen LogP contribution in [-0.2, 0) is 13.1 Å². The Balaban J connectivity index is 1.69. The number of rotatable bonds is 7. The molecule has 0 aromatic heterocycles. The Labute approximate surface area is 167 Å². The Morgan fingerprint density at radius 3 is 2.64 bits per heavy atom. The highest BCUT2D eigenvalue weighted by Gasteiger charge is 2.27. The molecule has 28 heavy (non-hydrogen) atoms. The second-order valence-corrected chi connectivity index (χ2v) is 7.68. The highest BCUT2D eigenvalue weighted by Crippen LogP contribution is 2.26. The Morgan fingerprint density at radius 1 is 1.11 bits per heavy atom. The molecule has 1 saturated heterocycles. The van der Waals surface area contributed by atoms with Crippen molar-refractivity contribution in [3.05, 3.63) is 64.5 Å². The largest absolute Gasteiger partial charge is 0.496 e. The Bertz CT molecular complexity index is 796. The van der Waals surface area contributed by atoms with Gasteiger partial charge in [0, 0.05) is 45.4 Å². The van der Waals surface area contributed by atoms with E-state index in [9.17, 15) is 9.50 Å². The molecule has 1 aliphatic heterocycles. The second-order valence-electron chi connectivity index (χ2n) is 7.68. The smallest absolute Gasteiger partial charge is 0.123 e. The average molecular weight is 387 g/mol. The van der Waals surface area contributed by atoms with Crippen molar-refractivity contribution in [2.75, 3.05) is 33.4 Å². The molecule has 1 fully saturated rings. The van der Waals surface area contributed by atoms with Gasteiger partial charge in [0.25, 0.3) is 0 Å². The molecule has 1 N–H and O–H groups in total. The molecular weight excluding hydrogens is 355 g/mol. The number of ether oxygens (including phenoxy) is 1. The molecule has 4 nitrogen and oxygen atoms in total. The van der Waals surface area contributed by atoms with E-state index in [1.165, 1.54) is 22.8 Å². The van der Waals surface area contributed by atoms with Gasteiger partial charge in [-0.15, -0.1) is 0 Å². The van der Waals surface area contributed by atoms with Crippen LogP contribution in [0.4, 0.5) is 4.39 Å². The first kappa shape index (κ1) is 20.8. The van der Waals surface area contributed by atoms with Gasteiger partial charge in [-0.05, 0) is 60.7 Å². The molecule has 5 heteroatoms. The third kappa shape index (κ3) is 4.90. The van der Waals surface area contributed by atoms with Gasteiger partial charge < -0.3 is 9.84 Å². The number of piperazine rings is 1. The number of aliphatic hydroxyl groups excluding tert-OH is 1. The summed E-state index contributed by atoms with van der Waals surface area (Å²) < 4.78 is 18.9. The Morgan fingerprint density at radius 2 is 1.93 bits per heavy atom. The van der Waals surface area contributed by atoms with Crippen LogP contribution in [0, 0.1) is 19.7 Å². The van der Waals surface area contributed by atoms with E-state index < -0.39 is 0 Å². The maximum absolute atomic E-state index is 13.5. The number of hydrogen-bond donors (Lipinski definition) is 1. The quantitative estimate of drug-likeness (QED) is 0.790. The number of hydrogen-bond acceptors (Lipinski definition) is 4. The van der Waals surface area contributed by atoms with Crippen LogP contribution in [0.1, 0.15) is 28.7 Å². The third-order valence-corrected chi connectivity index (χ3v) is 5.89. The lowest BCUT2D eigenvalue weighted by Crippen LogP contribution is -2.52. The number of halogens is 1. The molecule has 1 atom stereocenters. The van der Waals surface area contributed by atoms with Crippen LogP contribution in [-0.4, -0.2) is 54.3 Å². The number of aliphatic hydroxyl groups is 1. The maximum atomic E-state index is 13.5. The van der Waals surface area contributed by atoms with Crippen molar-refractivity contribution < 1.29 is 14.2 Å². The SMILES string of the molecule is COc1ccc(CN2CCN(Cc3cccc(F)c3)C[C@H]2CCO)c(C)c1C. The predicted molar refractivity (Wildman–Crippen MR) is 110 cm³/mol. The summed E-state index contributed by atoms with van der Waals surface area (Å²) in [6.45, 7) is 8.79. The van der Waals surface area contributed by atoms with E-state index in [1.54, 1.807) is 19.2 Å². The molecule has 2 aromatic carbocycles. The molecule has 0 aliphatic carbocycles. The van der Waals surface area contributed by atoms with Crippen molar-refractivity contribution in [3.63, 3.8) is 0 Å². The summed E-state index contributed by atoms with van der Waals surface area (Å²) in [5.41, 5.74) is 4.75. The van der Waals surface area contributed by atoms with Gasteiger partial charge in [-0.3, -0.25) is 9.80 Å². The highest BCUT2D eigenvalue weighted by molar-refractivity contribution is 5.43. The van der Waals surface area contributed by atoms with Gasteiger partial charge in [-0.2, -0.15) is 0 Å². The second kappa shape index (κ2) is 9.50. The normalized spacial score (nSPS) is 18.4. The molecule has 0 unspecified atom stereocenters. The third-order valence-electron chi connectivity index (χ3n) is 5.89. The van der Waals surface area contributed by atoms with Crippen molar-refractivity contribution in [2.45, 2.75) is 39.4 Å². The van der Waals surface area contributed by atoms with Crippen LogP contribution in [0.2, 0.25) is 0 Å². The van der Waals surface area contributed by atoms with Gasteiger partial charge in [0.2, 0.25) is 0 Å². The first-order chi connectivity index (χ1) is 13.5. The Hall–Kier alpha value is -1.95. The van der Waals surface area contributed by atoms with E-state index in [2.05, 4.69) is 29.7 Å². The topological polar surface area (TPSA) is 35.9 Å². The van der Waals surface area contributed by atoms with E-state index in [4.69, 9.17) is 4.74 Å². The zero-order valence-electron chi connectivity index (χ0n) is 17.1. The first-order valence-electron chi connectivity index (χ1n) is 9.96. The molecule has 0 saturated carbocycles. The molecule has 1 aliphatic rings. The minimum atomic E-state index is -0.187. The summed E-state index contributed by atoms with van der Waals surface area (Å²) in [4.78, 5) is 4.82. The van der Waals surface area contributed by atoms with Crippen molar-refractivity contribution in [3.8, 4) is 5.75 Å². The summed E-state index contributed by atoms with van der Waals surface area (Å²) in [7, 11) is 1.70. The zero-order valence-corrected chi connectivity index (χ0v) is 17.1. The lowest BCUT2D eigenvalue weighted by Gasteiger charge is -2.41. The fourth-order valence-corrected chi connectivity index (χ4v) is 4.09. The summed E-state index contributed by atoms with van der Waals surface area (Å²) >= 11 is 0. The standard InChI is InChI=1S/C23H31FN2O2/c1-17-18(2)23(28-3)8-7-20(17)15-26-11-10-25(16-22(26)9-12-27)14-19-5-4-6-21(24)13-19/h4-8,13,22,27H,9-12,14-16H2,1-3H3/t22-/m1/s1. The first-order valence-corrected chi connectivity index (χ1v) is 9.96. The molecular formula is C23H31FN2O2. The summed E-state index contributed by atoms with van der Waals surface area (Å²) in [6, 6.07) is 11.3. The lowest BCUT2D eigenvalue weighted by molar-refractivity contribution is 0.0498. The molecule has 0 spiro atoms. The monoisotopic (exact) mass is 386 g/mol. The van der Waals surface area contributed by atoms with Gasteiger partial charge in [-0.1, -0.05) is 18.2 Å². The van der Waals surface area contributed by atoms with E-state index in [-0.39, 0.29) is 18.5 Å². The van der Waals surface area contributed by atoms with Gasteiger partial charge in [0.05, 0.1) is 7.11 Å². The molecule has 0 bridgehead atoms. The van der Waals surface area contributed by atoms with Crippen molar-refractivity contribution >= 4 is 0 Å². The minimum Gasteiger partial charge on any atom is -0.496 e. The number of methoxy groups -OCH3 is 1. The number of benzene rings is 2. The van der Waals surface area contributed by atoms with Crippen LogP contribution in [0.25, 0.3) is 0 Å². The fourth-order valence-electron chi connectivity index (χ4n) is 4.09. The van der Waals surface area contributed by atoms with Crippen LogP contribution < -0.4 is 4.74 Å². The van der Waals surface area contributed by atoms with Crippen LogP contribution >= 0.6 is 0 Å². The van der Waals surface area contributed by atoms with E-state index in [1.807, 2.05) is 12.1 Å². The van der Waals surface area contributed by atoms with Crippen molar-refractivity contribution in [1.82, 2.24) is 9.80 Å². The van der Waals surface area contributed by atoms with Gasteiger partial charge in [0.1, 0.15) is 11.6 Å². The molecule has 2 aromatic rings. The van der Waals surface area contributed by atoms with Crippen molar-refractivity contribution in [2.24, 2.45) is 0 Å². The Kier molecular flexibility index (Phi) is 7.05. The summed E-state index contributed by atoms with van der Waals surface area (Å²) in [6.07, 6.45) is 0.744. The van der Waals surface area contributed by atoms with E-state index in [0.717, 1.165) is 50.5 Å². The van der Waals surface area contributed by atoms with Crippen LogP contribution in [0.5, 0.6) is 5.75 Å². The minimum absolute atomic E-state index is 0.176. The summed E-state index contributed by atoms with van der Waals surface area (Å²) in [5.74, 6) is 0.737. The van der Waals surface area contributed by atoms with Crippen LogP contribution in [0.15, 0.2) is 36.4 Å². The highest BCUT2D eigenvalue weighted by atomic mass is 19.1. The predicted octanol–water partition coefficient (Wildman–Crippen LogP) is 3.52. The van der Waals surface area contributed by atoms with Gasteiger partial charge in [0.15, 0.2) is 0 Å².